The zero-order valence-corrected chi connectivity index (χ0v) is 17.8. The molecule has 0 aliphatic carbocycles. The van der Waals surface area contributed by atoms with Gasteiger partial charge in [0.25, 0.3) is 0 Å². The molecule has 0 amide bonds. The first-order valence-corrected chi connectivity index (χ1v) is 9.46. The second-order valence-electron chi connectivity index (χ2n) is 6.00. The van der Waals surface area contributed by atoms with Crippen molar-refractivity contribution in [3.8, 4) is 0 Å². The lowest BCUT2D eigenvalue weighted by atomic mass is 9.87. The minimum absolute atomic E-state index is 0.455. The lowest BCUT2D eigenvalue weighted by Crippen LogP contribution is -2.09. The zero-order valence-electron chi connectivity index (χ0n) is 16.2. The summed E-state index contributed by atoms with van der Waals surface area (Å²) < 4.78 is 25.6. The van der Waals surface area contributed by atoms with Crippen LogP contribution >= 0.6 is 15.9 Å². The first-order chi connectivity index (χ1) is 11.8. The Hall–Kier alpha value is -1.00. The van der Waals surface area contributed by atoms with Crippen LogP contribution in [-0.2, 0) is 9.47 Å². The van der Waals surface area contributed by atoms with Gasteiger partial charge in [-0.3, -0.25) is 0 Å². The second kappa shape index (κ2) is 14.2. The first kappa shape index (κ1) is 24.0. The van der Waals surface area contributed by atoms with E-state index in [-0.39, 0.29) is 0 Å². The van der Waals surface area contributed by atoms with Crippen LogP contribution in [0.2, 0.25) is 0 Å². The van der Waals surface area contributed by atoms with E-state index in [0.29, 0.717) is 18.7 Å². The van der Waals surface area contributed by atoms with Gasteiger partial charge in [-0.15, -0.1) is 5.47 Å². The highest BCUT2D eigenvalue weighted by molar-refractivity contribution is 9.11. The molecule has 0 aromatic carbocycles. The normalized spacial score (nSPS) is 15.6. The van der Waals surface area contributed by atoms with E-state index in [4.69, 9.17) is 9.47 Å². The topological polar surface area (TPSA) is 18.5 Å². The average Bonchev–Trinajstić information content (AvgIpc) is 2.57. The Bertz CT molecular complexity index is 538. The monoisotopic (exact) mass is 410 g/mol. The van der Waals surface area contributed by atoms with E-state index in [1.807, 2.05) is 13.0 Å². The molecule has 0 aliphatic heterocycles. The average molecular weight is 411 g/mol. The van der Waals surface area contributed by atoms with Gasteiger partial charge in [0.05, 0.1) is 11.1 Å². The predicted octanol–water partition coefficient (Wildman–Crippen LogP) is 3.95. The van der Waals surface area contributed by atoms with Gasteiger partial charge in [0, 0.05) is 6.61 Å². The Labute approximate surface area is 162 Å². The summed E-state index contributed by atoms with van der Waals surface area (Å²) in [6.07, 6.45) is 8.37. The minimum atomic E-state index is -0.975. The number of ether oxygens (including phenoxy) is 2. The Kier molecular flexibility index (Phi) is 13.6. The summed E-state index contributed by atoms with van der Waals surface area (Å²) in [6, 6.07) is 0. The van der Waals surface area contributed by atoms with Gasteiger partial charge in [0.15, 0.2) is 0 Å². The highest BCUT2D eigenvalue weighted by Gasteiger charge is 2.07. The Morgan fingerprint density at radius 1 is 1.32 bits per heavy atom. The van der Waals surface area contributed by atoms with Crippen LogP contribution in [-0.4, -0.2) is 41.7 Å². The van der Waals surface area contributed by atoms with Crippen LogP contribution in [0.3, 0.4) is 0 Å². The van der Waals surface area contributed by atoms with E-state index in [9.17, 15) is 4.39 Å². The smallest absolute Gasteiger partial charge is 0.137 e. The number of allylic oxidation sites excluding steroid dienone is 8. The molecule has 0 spiro atoms. The van der Waals surface area contributed by atoms with Gasteiger partial charge in [-0.1, -0.05) is 43.3 Å². The molecular formula is C19H30B2BrFO2. The lowest BCUT2D eigenvalue weighted by molar-refractivity contribution is 0.140. The maximum Gasteiger partial charge on any atom is 0.137 e. The largest absolute Gasteiger partial charge is 0.493 e. The summed E-state index contributed by atoms with van der Waals surface area (Å²) in [7, 11) is 3.85. The van der Waals surface area contributed by atoms with E-state index in [0.717, 1.165) is 35.3 Å². The maximum atomic E-state index is 13.3. The van der Waals surface area contributed by atoms with Crippen molar-refractivity contribution in [1.82, 2.24) is 0 Å². The van der Waals surface area contributed by atoms with Gasteiger partial charge in [-0.2, -0.15) is 0 Å². The van der Waals surface area contributed by atoms with E-state index in [1.165, 1.54) is 12.4 Å². The fourth-order valence-electron chi connectivity index (χ4n) is 1.79. The summed E-state index contributed by atoms with van der Waals surface area (Å²) >= 11 is 3.46. The van der Waals surface area contributed by atoms with E-state index in [1.54, 1.807) is 20.0 Å². The van der Waals surface area contributed by atoms with Crippen LogP contribution in [0.1, 0.15) is 33.6 Å². The molecule has 0 aromatic rings. The summed E-state index contributed by atoms with van der Waals surface area (Å²) in [5.41, 5.74) is 3.01. The highest BCUT2D eigenvalue weighted by Crippen LogP contribution is 2.19. The van der Waals surface area contributed by atoms with Crippen LogP contribution in [0.15, 0.2) is 57.6 Å². The van der Waals surface area contributed by atoms with Gasteiger partial charge >= 0.3 is 0 Å². The highest BCUT2D eigenvalue weighted by atomic mass is 79.9. The van der Waals surface area contributed by atoms with Crippen molar-refractivity contribution in [2.24, 2.45) is 0 Å². The molecule has 0 saturated carbocycles. The van der Waals surface area contributed by atoms with Crippen molar-refractivity contribution in [1.29, 1.82) is 0 Å². The van der Waals surface area contributed by atoms with E-state index < -0.39 is 6.17 Å². The summed E-state index contributed by atoms with van der Waals surface area (Å²) in [5.74, 6) is 0.724. The molecule has 2 nitrogen and oxygen atoms in total. The SMILES string of the molecule is B/C(=C/C(Br)=C(\C)OC/C(COCCC)=C(\B)CC=CC=C)C(C)F. The third kappa shape index (κ3) is 11.3. The third-order valence-corrected chi connectivity index (χ3v) is 4.49. The zero-order chi connectivity index (χ0) is 19.2. The minimum Gasteiger partial charge on any atom is -0.493 e. The molecule has 0 radical (unpaired) electrons. The molecule has 0 aliphatic rings. The van der Waals surface area contributed by atoms with Gasteiger partial charge in [-0.25, -0.2) is 4.39 Å². The third-order valence-electron chi connectivity index (χ3n) is 3.71. The number of rotatable bonds is 12. The van der Waals surface area contributed by atoms with Crippen molar-refractivity contribution in [3.63, 3.8) is 0 Å². The van der Waals surface area contributed by atoms with Gasteiger partial charge < -0.3 is 9.47 Å². The predicted molar refractivity (Wildman–Crippen MR) is 115 cm³/mol. The molecule has 0 bridgehead atoms. The maximum absolute atomic E-state index is 13.3. The van der Waals surface area contributed by atoms with Crippen LogP contribution in [0.25, 0.3) is 0 Å². The number of alkyl halides is 1. The van der Waals surface area contributed by atoms with E-state index >= 15 is 0 Å². The molecule has 25 heavy (non-hydrogen) atoms. The number of hydrogen-bond donors (Lipinski definition) is 0. The van der Waals surface area contributed by atoms with E-state index in [2.05, 4.69) is 43.4 Å². The Morgan fingerprint density at radius 2 is 2.00 bits per heavy atom. The molecule has 1 unspecified atom stereocenters. The Balaban J connectivity index is 5.06. The van der Waals surface area contributed by atoms with Crippen molar-refractivity contribution < 1.29 is 13.9 Å². The molecule has 0 fully saturated rings. The van der Waals surface area contributed by atoms with Crippen molar-refractivity contribution >= 4 is 31.6 Å². The van der Waals surface area contributed by atoms with Crippen LogP contribution in [0, 0.1) is 0 Å². The number of hydrogen-bond acceptors (Lipinski definition) is 2. The first-order valence-electron chi connectivity index (χ1n) is 8.67. The molecule has 0 rings (SSSR count). The van der Waals surface area contributed by atoms with Crippen molar-refractivity contribution in [2.45, 2.75) is 39.8 Å². The van der Waals surface area contributed by atoms with Crippen LogP contribution < -0.4 is 0 Å². The van der Waals surface area contributed by atoms with Gasteiger partial charge in [0.2, 0.25) is 0 Å². The molecule has 0 heterocycles. The standard InChI is InChI=1S/C19H30B2BrFO2/c1-5-7-8-9-17(20)16(12-24-10-6-2)13-25-15(4)19(22)11-18(21)14(3)23/h5,7-8,11,14H,1,6,9-10,12-13,20-21H2,2-4H3/b8-7?,17-16-,18-11+,19-15-. The molecule has 0 aromatic heterocycles. The molecule has 1 atom stereocenters. The van der Waals surface area contributed by atoms with Crippen molar-refractivity contribution in [2.75, 3.05) is 19.8 Å². The fourth-order valence-corrected chi connectivity index (χ4v) is 2.27. The summed E-state index contributed by atoms with van der Waals surface area (Å²) in [4.78, 5) is 0. The fraction of sp³-hybridized carbons (Fsp3) is 0.474. The molecule has 0 saturated heterocycles. The summed E-state index contributed by atoms with van der Waals surface area (Å²) in [6.45, 7) is 10.9. The molecule has 0 N–H and O–H groups in total. The molecular weight excluding hydrogens is 381 g/mol. The lowest BCUT2D eigenvalue weighted by Gasteiger charge is -2.15. The quantitative estimate of drug-likeness (QED) is 0.210. The summed E-state index contributed by atoms with van der Waals surface area (Å²) in [5, 5.41) is 0. The second-order valence-corrected chi connectivity index (χ2v) is 6.86. The van der Waals surface area contributed by atoms with Gasteiger partial charge in [0.1, 0.15) is 34.2 Å². The van der Waals surface area contributed by atoms with Crippen LogP contribution in [0.4, 0.5) is 4.39 Å². The Morgan fingerprint density at radius 3 is 2.56 bits per heavy atom. The van der Waals surface area contributed by atoms with Crippen LogP contribution in [0.5, 0.6) is 0 Å². The number of halogens is 2. The molecule has 6 heteroatoms. The van der Waals surface area contributed by atoms with Crippen molar-refractivity contribution in [3.05, 3.63) is 57.6 Å². The van der Waals surface area contributed by atoms with Gasteiger partial charge in [-0.05, 0) is 48.2 Å². The molecule has 138 valence electrons.